The van der Waals surface area contributed by atoms with E-state index in [4.69, 9.17) is 4.74 Å². The third kappa shape index (κ3) is 3.29. The molecular weight excluding hydrogens is 225 g/mol. The number of piperazine rings is 1. The molecule has 0 aromatic heterocycles. The van der Waals surface area contributed by atoms with Crippen LogP contribution in [-0.4, -0.2) is 86.4 Å². The van der Waals surface area contributed by atoms with Crippen molar-refractivity contribution < 1.29 is 13.9 Å². The number of urea groups is 1. The van der Waals surface area contributed by atoms with Gasteiger partial charge in [0.15, 0.2) is 0 Å². The van der Waals surface area contributed by atoms with Gasteiger partial charge >= 0.3 is 6.03 Å². The number of rotatable bonds is 2. The van der Waals surface area contributed by atoms with Gasteiger partial charge in [0.2, 0.25) is 0 Å². The molecule has 17 heavy (non-hydrogen) atoms. The maximum absolute atomic E-state index is 12.2. The lowest BCUT2D eigenvalue weighted by molar-refractivity contribution is 0.0374. The molecule has 0 aliphatic carbocycles. The summed E-state index contributed by atoms with van der Waals surface area (Å²) in [4.78, 5) is 17.9. The minimum absolute atomic E-state index is 0.105. The average molecular weight is 245 g/mol. The summed E-state index contributed by atoms with van der Waals surface area (Å²) >= 11 is 0. The quantitative estimate of drug-likeness (QED) is 0.688. The number of morpholine rings is 1. The first kappa shape index (κ1) is 12.6. The summed E-state index contributed by atoms with van der Waals surface area (Å²) in [6.45, 7) is 5.78. The maximum atomic E-state index is 12.2. The zero-order valence-electron chi connectivity index (χ0n) is 10.1. The van der Waals surface area contributed by atoms with Crippen LogP contribution in [0.5, 0.6) is 0 Å². The largest absolute Gasteiger partial charge is 0.378 e. The van der Waals surface area contributed by atoms with Gasteiger partial charge in [-0.25, -0.2) is 9.18 Å². The molecule has 2 rings (SSSR count). The van der Waals surface area contributed by atoms with Gasteiger partial charge in [0, 0.05) is 45.8 Å². The Morgan fingerprint density at radius 3 is 2.18 bits per heavy atom. The highest BCUT2D eigenvalue weighted by atomic mass is 19.1. The van der Waals surface area contributed by atoms with Gasteiger partial charge in [-0.05, 0) is 0 Å². The Kier molecular flexibility index (Phi) is 4.56. The molecule has 0 N–H and O–H groups in total. The lowest BCUT2D eigenvalue weighted by atomic mass is 10.3. The van der Waals surface area contributed by atoms with Crippen LogP contribution in [0.4, 0.5) is 9.18 Å². The van der Waals surface area contributed by atoms with Crippen molar-refractivity contribution in [3.63, 3.8) is 0 Å². The number of halogens is 1. The van der Waals surface area contributed by atoms with E-state index in [1.807, 2.05) is 9.80 Å². The molecule has 5 nitrogen and oxygen atoms in total. The van der Waals surface area contributed by atoms with Crippen LogP contribution in [0.2, 0.25) is 0 Å². The SMILES string of the molecule is O=C(N1CCOCC1)N1CCN(CCF)CC1. The average Bonchev–Trinajstić information content (AvgIpc) is 2.40. The van der Waals surface area contributed by atoms with Crippen molar-refractivity contribution in [2.24, 2.45) is 0 Å². The van der Waals surface area contributed by atoms with E-state index >= 15 is 0 Å². The molecule has 0 atom stereocenters. The molecule has 2 fully saturated rings. The second-order valence-corrected chi connectivity index (χ2v) is 4.40. The molecule has 2 heterocycles. The van der Waals surface area contributed by atoms with Gasteiger partial charge in [-0.1, -0.05) is 0 Å². The highest BCUT2D eigenvalue weighted by Crippen LogP contribution is 2.07. The number of amides is 2. The standard InChI is InChI=1S/C11H20FN3O2/c12-1-2-13-3-5-14(6-4-13)11(16)15-7-9-17-10-8-15/h1-10H2. The van der Waals surface area contributed by atoms with E-state index < -0.39 is 0 Å². The number of ether oxygens (including phenoxy) is 1. The Balaban J connectivity index is 1.77. The van der Waals surface area contributed by atoms with Crippen LogP contribution in [0.15, 0.2) is 0 Å². The molecule has 0 aromatic carbocycles. The minimum Gasteiger partial charge on any atom is -0.378 e. The highest BCUT2D eigenvalue weighted by molar-refractivity contribution is 5.74. The van der Waals surface area contributed by atoms with Crippen molar-refractivity contribution in [3.8, 4) is 0 Å². The van der Waals surface area contributed by atoms with Crippen LogP contribution in [0.1, 0.15) is 0 Å². The zero-order chi connectivity index (χ0) is 12.1. The monoisotopic (exact) mass is 245 g/mol. The summed E-state index contributed by atoms with van der Waals surface area (Å²) in [7, 11) is 0. The van der Waals surface area contributed by atoms with E-state index in [1.165, 1.54) is 0 Å². The summed E-state index contributed by atoms with van der Waals surface area (Å²) in [6.07, 6.45) is 0. The summed E-state index contributed by atoms with van der Waals surface area (Å²) in [5.41, 5.74) is 0. The molecule has 2 aliphatic heterocycles. The molecular formula is C11H20FN3O2. The lowest BCUT2D eigenvalue weighted by Gasteiger charge is -2.38. The lowest BCUT2D eigenvalue weighted by Crippen LogP contribution is -2.54. The Labute approximate surface area is 101 Å². The van der Waals surface area contributed by atoms with Crippen molar-refractivity contribution in [2.45, 2.75) is 0 Å². The number of nitrogens with zero attached hydrogens (tertiary/aromatic N) is 3. The van der Waals surface area contributed by atoms with Crippen LogP contribution in [0.25, 0.3) is 0 Å². The van der Waals surface area contributed by atoms with E-state index in [0.29, 0.717) is 45.9 Å². The minimum atomic E-state index is -0.308. The first-order valence-corrected chi connectivity index (χ1v) is 6.21. The molecule has 98 valence electrons. The summed E-state index contributed by atoms with van der Waals surface area (Å²) in [5.74, 6) is 0. The maximum Gasteiger partial charge on any atom is 0.320 e. The Morgan fingerprint density at radius 2 is 1.59 bits per heavy atom. The fourth-order valence-corrected chi connectivity index (χ4v) is 2.24. The molecule has 2 amide bonds. The normalized spacial score (nSPS) is 22.9. The van der Waals surface area contributed by atoms with Crippen LogP contribution in [0.3, 0.4) is 0 Å². The first-order chi connectivity index (χ1) is 8.31. The van der Waals surface area contributed by atoms with Crippen LogP contribution >= 0.6 is 0 Å². The predicted molar refractivity (Wildman–Crippen MR) is 61.8 cm³/mol. The molecule has 0 spiro atoms. The molecule has 2 saturated heterocycles. The van der Waals surface area contributed by atoms with Gasteiger partial charge in [0.1, 0.15) is 6.67 Å². The highest BCUT2D eigenvalue weighted by Gasteiger charge is 2.25. The molecule has 0 bridgehead atoms. The second-order valence-electron chi connectivity index (χ2n) is 4.40. The van der Waals surface area contributed by atoms with E-state index in [0.717, 1.165) is 13.1 Å². The van der Waals surface area contributed by atoms with Gasteiger partial charge < -0.3 is 14.5 Å². The molecule has 0 unspecified atom stereocenters. The number of hydrogen-bond donors (Lipinski definition) is 0. The fourth-order valence-electron chi connectivity index (χ4n) is 2.24. The van der Waals surface area contributed by atoms with E-state index in [9.17, 15) is 9.18 Å². The van der Waals surface area contributed by atoms with Gasteiger partial charge in [0.05, 0.1) is 13.2 Å². The van der Waals surface area contributed by atoms with Crippen molar-refractivity contribution in [1.82, 2.24) is 14.7 Å². The fraction of sp³-hybridized carbons (Fsp3) is 0.909. The third-order valence-corrected chi connectivity index (χ3v) is 3.33. The van der Waals surface area contributed by atoms with Crippen LogP contribution in [-0.2, 0) is 4.74 Å². The summed E-state index contributed by atoms with van der Waals surface area (Å²) in [6, 6.07) is 0.105. The van der Waals surface area contributed by atoms with Crippen molar-refractivity contribution >= 4 is 6.03 Å². The molecule has 0 aromatic rings. The molecule has 0 radical (unpaired) electrons. The van der Waals surface area contributed by atoms with E-state index in [-0.39, 0.29) is 12.7 Å². The van der Waals surface area contributed by atoms with Gasteiger partial charge in [0.25, 0.3) is 0 Å². The van der Waals surface area contributed by atoms with E-state index in [1.54, 1.807) is 0 Å². The summed E-state index contributed by atoms with van der Waals surface area (Å²) in [5, 5.41) is 0. The second kappa shape index (κ2) is 6.16. The van der Waals surface area contributed by atoms with E-state index in [2.05, 4.69) is 4.90 Å². The molecule has 6 heteroatoms. The van der Waals surface area contributed by atoms with Crippen molar-refractivity contribution in [1.29, 1.82) is 0 Å². The van der Waals surface area contributed by atoms with Crippen molar-refractivity contribution in [3.05, 3.63) is 0 Å². The summed E-state index contributed by atoms with van der Waals surface area (Å²) < 4.78 is 17.4. The van der Waals surface area contributed by atoms with Gasteiger partial charge in [-0.2, -0.15) is 0 Å². The number of carbonyl (C=O) groups is 1. The first-order valence-electron chi connectivity index (χ1n) is 6.21. The zero-order valence-corrected chi connectivity index (χ0v) is 10.1. The number of hydrogen-bond acceptors (Lipinski definition) is 3. The molecule has 0 saturated carbocycles. The van der Waals surface area contributed by atoms with Crippen LogP contribution < -0.4 is 0 Å². The Morgan fingerprint density at radius 1 is 1.00 bits per heavy atom. The topological polar surface area (TPSA) is 36.0 Å². The Hall–Kier alpha value is -0.880. The molecule has 2 aliphatic rings. The van der Waals surface area contributed by atoms with Crippen molar-refractivity contribution in [2.75, 3.05) is 65.7 Å². The van der Waals surface area contributed by atoms with Gasteiger partial charge in [-0.3, -0.25) is 4.90 Å². The smallest absolute Gasteiger partial charge is 0.320 e. The van der Waals surface area contributed by atoms with Crippen LogP contribution in [0, 0.1) is 0 Å². The number of alkyl halides is 1. The third-order valence-electron chi connectivity index (χ3n) is 3.33. The Bertz CT molecular complexity index is 251. The van der Waals surface area contributed by atoms with Gasteiger partial charge in [-0.15, -0.1) is 0 Å². The number of carbonyl (C=O) groups excluding carboxylic acids is 1. The predicted octanol–water partition coefficient (Wildman–Crippen LogP) is 0.0257.